The Hall–Kier alpha value is -3.15. The molecule has 2 aromatic heterocycles. The highest BCUT2D eigenvalue weighted by Crippen LogP contribution is 2.33. The van der Waals surface area contributed by atoms with Crippen LogP contribution in [0.1, 0.15) is 34.7 Å². The lowest BCUT2D eigenvalue weighted by Crippen LogP contribution is -2.44. The average Bonchev–Trinajstić information content (AvgIpc) is 3.28. The van der Waals surface area contributed by atoms with Gasteiger partial charge in [0.1, 0.15) is 29.3 Å². The van der Waals surface area contributed by atoms with Gasteiger partial charge in [0, 0.05) is 12.8 Å². The number of carbonyl (C=O) groups excluding carboxylic acids is 1. The van der Waals surface area contributed by atoms with E-state index in [9.17, 15) is 18.0 Å². The fraction of sp³-hybridized carbons (Fsp3) is 0.500. The summed E-state index contributed by atoms with van der Waals surface area (Å²) >= 11 is 0. The number of aromatic nitrogens is 2. The van der Waals surface area contributed by atoms with E-state index in [-0.39, 0.29) is 24.2 Å². The maximum Gasteiger partial charge on any atom is 0.490 e. The van der Waals surface area contributed by atoms with Crippen LogP contribution < -0.4 is 4.74 Å². The zero-order valence-electron chi connectivity index (χ0n) is 17.3. The van der Waals surface area contributed by atoms with Gasteiger partial charge in [-0.3, -0.25) is 9.78 Å². The van der Waals surface area contributed by atoms with Crippen molar-refractivity contribution in [3.05, 3.63) is 41.5 Å². The summed E-state index contributed by atoms with van der Waals surface area (Å²) in [6.07, 6.45) is -0.193. The summed E-state index contributed by atoms with van der Waals surface area (Å²) in [5, 5.41) is 11.0. The number of amides is 1. The second-order valence-corrected chi connectivity index (χ2v) is 7.35. The van der Waals surface area contributed by atoms with Crippen molar-refractivity contribution in [1.82, 2.24) is 15.0 Å². The molecule has 0 aliphatic carbocycles. The first-order chi connectivity index (χ1) is 15.1. The van der Waals surface area contributed by atoms with E-state index in [1.807, 2.05) is 17.0 Å². The minimum Gasteiger partial charge on any atom is -0.484 e. The number of likely N-dealkylation sites (tertiary alicyclic amines) is 1. The first-order valence-electron chi connectivity index (χ1n) is 9.81. The normalized spacial score (nSPS) is 22.5. The van der Waals surface area contributed by atoms with Crippen molar-refractivity contribution in [2.45, 2.75) is 51.1 Å². The van der Waals surface area contributed by atoms with E-state index in [0.29, 0.717) is 35.9 Å². The molecule has 2 aliphatic rings. The number of ether oxygens (including phenoxy) is 2. The summed E-state index contributed by atoms with van der Waals surface area (Å²) < 4.78 is 49.0. The topological polar surface area (TPSA) is 115 Å². The first-order valence-corrected chi connectivity index (χ1v) is 9.81. The van der Waals surface area contributed by atoms with Crippen LogP contribution >= 0.6 is 0 Å². The number of rotatable bonds is 3. The van der Waals surface area contributed by atoms with E-state index in [4.69, 9.17) is 23.9 Å². The molecule has 32 heavy (non-hydrogen) atoms. The molecule has 1 amide bonds. The monoisotopic (exact) mass is 457 g/mol. The van der Waals surface area contributed by atoms with Gasteiger partial charge in [-0.2, -0.15) is 13.2 Å². The third-order valence-electron chi connectivity index (χ3n) is 5.15. The maximum absolute atomic E-state index is 13.1. The number of halogens is 3. The van der Waals surface area contributed by atoms with Crippen LogP contribution in [-0.2, 0) is 9.53 Å². The van der Waals surface area contributed by atoms with Crippen molar-refractivity contribution >= 4 is 11.9 Å². The van der Waals surface area contributed by atoms with Gasteiger partial charge >= 0.3 is 12.1 Å². The molecule has 2 aromatic rings. The van der Waals surface area contributed by atoms with Gasteiger partial charge in [-0.25, -0.2) is 4.79 Å². The number of aryl methyl sites for hydroxylation is 2. The Bertz CT molecular complexity index is 930. The molecule has 0 radical (unpaired) electrons. The van der Waals surface area contributed by atoms with Crippen molar-refractivity contribution in [2.24, 2.45) is 0 Å². The lowest BCUT2D eigenvalue weighted by atomic mass is 10.0. The fourth-order valence-electron chi connectivity index (χ4n) is 3.77. The minimum absolute atomic E-state index is 0.0108. The molecule has 0 unspecified atom stereocenters. The number of nitrogens with zero attached hydrogens (tertiary/aromatic N) is 3. The number of carbonyl (C=O) groups is 2. The number of hydrogen-bond acceptors (Lipinski definition) is 7. The summed E-state index contributed by atoms with van der Waals surface area (Å²) in [6.45, 7) is 4.73. The van der Waals surface area contributed by atoms with Crippen LogP contribution in [0.25, 0.3) is 0 Å². The summed E-state index contributed by atoms with van der Waals surface area (Å²) in [7, 11) is 0. The Balaban J connectivity index is 0.000000360. The van der Waals surface area contributed by atoms with Crippen molar-refractivity contribution < 1.29 is 41.9 Å². The SMILES string of the molecule is Cc1noc(C)c1C(=O)N1C[C@H](Oc2cccnc2)[C@H]2OCCC[C@H]21.O=C(O)C(F)(F)F. The molecule has 9 nitrogen and oxygen atoms in total. The lowest BCUT2D eigenvalue weighted by Gasteiger charge is -2.32. The zero-order chi connectivity index (χ0) is 23.5. The summed E-state index contributed by atoms with van der Waals surface area (Å²) in [4.78, 5) is 27.9. The maximum atomic E-state index is 13.1. The molecule has 174 valence electrons. The van der Waals surface area contributed by atoms with Crippen LogP contribution in [0.3, 0.4) is 0 Å². The molecule has 0 bridgehead atoms. The molecule has 1 N–H and O–H groups in total. The predicted molar refractivity (Wildman–Crippen MR) is 102 cm³/mol. The standard InChI is InChI=1S/C18H21N3O4.C2HF3O2/c1-11-16(12(2)25-20-11)18(22)21-10-15(17-14(21)6-4-8-23-17)24-13-5-3-7-19-9-13;3-2(4,5)1(6)7/h3,5,7,9,14-15,17H,4,6,8,10H2,1-2H3;(H,6,7)/t14-,15+,17+;/m1./s1. The molecule has 0 saturated carbocycles. The highest BCUT2D eigenvalue weighted by molar-refractivity contribution is 5.96. The summed E-state index contributed by atoms with van der Waals surface area (Å²) in [5.41, 5.74) is 1.17. The smallest absolute Gasteiger partial charge is 0.484 e. The van der Waals surface area contributed by atoms with Crippen LogP contribution in [0.2, 0.25) is 0 Å². The molecule has 12 heteroatoms. The molecule has 2 aliphatic heterocycles. The molecule has 2 fully saturated rings. The highest BCUT2D eigenvalue weighted by Gasteiger charge is 2.48. The second-order valence-electron chi connectivity index (χ2n) is 7.35. The van der Waals surface area contributed by atoms with Gasteiger partial charge in [0.15, 0.2) is 0 Å². The molecule has 2 saturated heterocycles. The van der Waals surface area contributed by atoms with Gasteiger partial charge in [0.25, 0.3) is 5.91 Å². The van der Waals surface area contributed by atoms with Gasteiger partial charge in [0.05, 0.1) is 24.5 Å². The molecule has 3 atom stereocenters. The zero-order valence-corrected chi connectivity index (χ0v) is 17.3. The van der Waals surface area contributed by atoms with Gasteiger partial charge in [-0.15, -0.1) is 0 Å². The highest BCUT2D eigenvalue weighted by atomic mass is 19.4. The lowest BCUT2D eigenvalue weighted by molar-refractivity contribution is -0.192. The number of carboxylic acid groups (broad SMARTS) is 1. The van der Waals surface area contributed by atoms with E-state index in [1.165, 1.54) is 0 Å². The van der Waals surface area contributed by atoms with Crippen LogP contribution in [0, 0.1) is 13.8 Å². The van der Waals surface area contributed by atoms with Gasteiger partial charge in [-0.1, -0.05) is 5.16 Å². The van der Waals surface area contributed by atoms with Crippen molar-refractivity contribution in [3.63, 3.8) is 0 Å². The Morgan fingerprint density at radius 1 is 1.31 bits per heavy atom. The second kappa shape index (κ2) is 9.55. The first kappa shape index (κ1) is 23.5. The van der Waals surface area contributed by atoms with Crippen LogP contribution in [0.4, 0.5) is 13.2 Å². The largest absolute Gasteiger partial charge is 0.490 e. The van der Waals surface area contributed by atoms with E-state index in [2.05, 4.69) is 10.1 Å². The van der Waals surface area contributed by atoms with Crippen molar-refractivity contribution in [3.8, 4) is 5.75 Å². The molecule has 4 rings (SSSR count). The van der Waals surface area contributed by atoms with Crippen LogP contribution in [-0.4, -0.2) is 69.6 Å². The van der Waals surface area contributed by atoms with E-state index in [1.54, 1.807) is 26.2 Å². The Morgan fingerprint density at radius 3 is 2.59 bits per heavy atom. The number of pyridine rings is 1. The van der Waals surface area contributed by atoms with Crippen molar-refractivity contribution in [2.75, 3.05) is 13.2 Å². The number of alkyl halides is 3. The summed E-state index contributed by atoms with van der Waals surface area (Å²) in [5.74, 6) is -1.58. The molecular formula is C20H22F3N3O6. The van der Waals surface area contributed by atoms with E-state index >= 15 is 0 Å². The van der Waals surface area contributed by atoms with Crippen molar-refractivity contribution in [1.29, 1.82) is 0 Å². The Kier molecular flexibility index (Phi) is 7.02. The number of fused-ring (bicyclic) bond motifs is 1. The molecular weight excluding hydrogens is 435 g/mol. The van der Waals surface area contributed by atoms with E-state index < -0.39 is 12.1 Å². The Labute approximate surface area is 181 Å². The Morgan fingerprint density at radius 2 is 2.03 bits per heavy atom. The van der Waals surface area contributed by atoms with Gasteiger partial charge < -0.3 is 24.0 Å². The van der Waals surface area contributed by atoms with E-state index in [0.717, 1.165) is 12.8 Å². The third-order valence-corrected chi connectivity index (χ3v) is 5.15. The number of carboxylic acids is 1. The van der Waals surface area contributed by atoms with Gasteiger partial charge in [-0.05, 0) is 38.8 Å². The quantitative estimate of drug-likeness (QED) is 0.748. The van der Waals surface area contributed by atoms with Gasteiger partial charge in [0.2, 0.25) is 0 Å². The number of aliphatic carboxylic acids is 1. The predicted octanol–water partition coefficient (Wildman–Crippen LogP) is 2.77. The molecule has 4 heterocycles. The average molecular weight is 457 g/mol. The summed E-state index contributed by atoms with van der Waals surface area (Å²) in [6, 6.07) is 3.71. The molecule has 0 spiro atoms. The fourth-order valence-corrected chi connectivity index (χ4v) is 3.77. The van der Waals surface area contributed by atoms with Crippen LogP contribution in [0.15, 0.2) is 29.0 Å². The number of hydrogen-bond donors (Lipinski definition) is 1. The molecule has 0 aromatic carbocycles. The third kappa shape index (κ3) is 5.18. The van der Waals surface area contributed by atoms with Crippen LogP contribution in [0.5, 0.6) is 5.75 Å². The minimum atomic E-state index is -5.08.